The highest BCUT2D eigenvalue weighted by Gasteiger charge is 2.20. The average Bonchev–Trinajstić information content (AvgIpc) is 3.25. The van der Waals surface area contributed by atoms with Crippen LogP contribution in [-0.4, -0.2) is 9.28 Å². The number of halogens is 4. The zero-order valence-electron chi connectivity index (χ0n) is 16.9. The fraction of sp³-hybridized carbons (Fsp3) is 0.0385. The summed E-state index contributed by atoms with van der Waals surface area (Å²) < 4.78 is -0.750. The maximum Gasteiger partial charge on any atom is 0.285 e. The summed E-state index contributed by atoms with van der Waals surface area (Å²) in [6, 6.07) is 35.8. The zero-order chi connectivity index (χ0) is 21.6. The molecule has 0 fully saturated rings. The minimum atomic E-state index is -0.750. The number of rotatable bonds is 3. The molecule has 0 saturated carbocycles. The third-order valence-electron chi connectivity index (χ3n) is 4.94. The molecule has 0 atom stereocenters. The number of alkyl halides is 3. The van der Waals surface area contributed by atoms with Crippen molar-refractivity contribution in [1.82, 2.24) is 4.98 Å². The van der Waals surface area contributed by atoms with Crippen molar-refractivity contribution in [3.05, 3.63) is 103 Å². The lowest BCUT2D eigenvalue weighted by Crippen LogP contribution is -3.00. The number of hydrogen-bond donors (Lipinski definition) is 1. The fourth-order valence-electron chi connectivity index (χ4n) is 3.61. The Morgan fingerprint density at radius 1 is 0.562 bits per heavy atom. The first kappa shape index (κ1) is 24.2. The van der Waals surface area contributed by atoms with Gasteiger partial charge < -0.3 is 12.4 Å². The van der Waals surface area contributed by atoms with Gasteiger partial charge in [0.05, 0.1) is 5.56 Å². The van der Waals surface area contributed by atoms with Gasteiger partial charge in [0, 0.05) is 11.1 Å². The van der Waals surface area contributed by atoms with Gasteiger partial charge in [-0.15, -0.1) is 0 Å². The SMILES string of the molecule is ClC(Cl)Cl.[Cl-].c1ccc(-c2[nH]c3c(-c4ccccc4)ccc(-c4ccccc4)c3[nH+]2)cc1. The van der Waals surface area contributed by atoms with Crippen LogP contribution in [0, 0.1) is 0 Å². The molecule has 0 radical (unpaired) electrons. The monoisotopic (exact) mass is 500 g/mol. The Morgan fingerprint density at radius 2 is 0.969 bits per heavy atom. The van der Waals surface area contributed by atoms with Gasteiger partial charge in [0.1, 0.15) is 0 Å². The van der Waals surface area contributed by atoms with Crippen molar-refractivity contribution in [3.8, 4) is 33.6 Å². The molecule has 4 aromatic carbocycles. The number of H-pyrrole nitrogens is 2. The Hall–Kier alpha value is -2.49. The number of hydrogen-bond acceptors (Lipinski definition) is 0. The molecule has 5 rings (SSSR count). The van der Waals surface area contributed by atoms with Crippen LogP contribution in [-0.2, 0) is 0 Å². The van der Waals surface area contributed by atoms with Crippen LogP contribution in [0.15, 0.2) is 103 Å². The van der Waals surface area contributed by atoms with E-state index in [0.29, 0.717) is 0 Å². The first-order valence-corrected chi connectivity index (χ1v) is 11.1. The molecule has 5 aromatic rings. The van der Waals surface area contributed by atoms with Crippen LogP contribution in [0.1, 0.15) is 0 Å². The lowest BCUT2D eigenvalue weighted by atomic mass is 9.98. The van der Waals surface area contributed by atoms with E-state index in [1.165, 1.54) is 22.3 Å². The molecule has 0 spiro atoms. The summed E-state index contributed by atoms with van der Waals surface area (Å²) in [5, 5.41) is 0. The predicted octanol–water partition coefficient (Wildman–Crippen LogP) is 4.97. The van der Waals surface area contributed by atoms with E-state index in [1.54, 1.807) is 0 Å². The van der Waals surface area contributed by atoms with E-state index >= 15 is 0 Å². The molecule has 0 aliphatic heterocycles. The van der Waals surface area contributed by atoms with Crippen LogP contribution in [0.4, 0.5) is 0 Å². The average molecular weight is 502 g/mol. The van der Waals surface area contributed by atoms with Gasteiger partial charge in [0.25, 0.3) is 5.82 Å². The standard InChI is InChI=1S/C25H18N2.CHCl3.ClH/c1-4-10-18(11-5-1)21-16-17-22(19-12-6-2-7-13-19)24-23(21)26-25(27-24)20-14-8-3-9-15-20;2-1(3)4;/h1-17H,(H,26,27);1H;1H. The number of aromatic amines is 2. The van der Waals surface area contributed by atoms with Gasteiger partial charge in [-0.25, -0.2) is 9.97 Å². The normalized spacial score (nSPS) is 10.4. The minimum absolute atomic E-state index is 0. The second-order valence-corrected chi connectivity index (χ2v) is 8.86. The Morgan fingerprint density at radius 3 is 1.47 bits per heavy atom. The topological polar surface area (TPSA) is 29.9 Å². The van der Waals surface area contributed by atoms with Gasteiger partial charge in [0.15, 0.2) is 15.3 Å². The smallest absolute Gasteiger partial charge is 0.285 e. The predicted molar refractivity (Wildman–Crippen MR) is 133 cm³/mol. The summed E-state index contributed by atoms with van der Waals surface area (Å²) in [6.07, 6.45) is 0. The molecule has 32 heavy (non-hydrogen) atoms. The van der Waals surface area contributed by atoms with Gasteiger partial charge in [-0.1, -0.05) is 114 Å². The molecule has 0 aliphatic carbocycles. The lowest BCUT2D eigenvalue weighted by molar-refractivity contribution is -0.330. The molecule has 0 amide bonds. The van der Waals surface area contributed by atoms with Crippen molar-refractivity contribution in [2.75, 3.05) is 0 Å². The van der Waals surface area contributed by atoms with Gasteiger partial charge in [0.2, 0.25) is 0 Å². The van der Waals surface area contributed by atoms with E-state index in [-0.39, 0.29) is 12.4 Å². The number of nitrogens with one attached hydrogen (secondary N) is 2. The second kappa shape index (κ2) is 11.4. The van der Waals surface area contributed by atoms with E-state index in [9.17, 15) is 0 Å². The first-order chi connectivity index (χ1) is 15.1. The summed E-state index contributed by atoms with van der Waals surface area (Å²) in [6.45, 7) is 0. The van der Waals surface area contributed by atoms with Crippen molar-refractivity contribution in [1.29, 1.82) is 0 Å². The Bertz CT molecular complexity index is 1180. The number of fused-ring (bicyclic) bond motifs is 1. The van der Waals surface area contributed by atoms with Crippen LogP contribution in [0.3, 0.4) is 0 Å². The fourth-order valence-corrected chi connectivity index (χ4v) is 3.61. The highest BCUT2D eigenvalue weighted by molar-refractivity contribution is 6.63. The quantitative estimate of drug-likeness (QED) is 0.338. The molecule has 0 aliphatic rings. The minimum Gasteiger partial charge on any atom is -1.00 e. The summed E-state index contributed by atoms with van der Waals surface area (Å²) in [4.78, 5) is 7.27. The molecule has 1 aromatic heterocycles. The van der Waals surface area contributed by atoms with Crippen LogP contribution in [0.25, 0.3) is 44.7 Å². The number of benzene rings is 4. The van der Waals surface area contributed by atoms with E-state index in [1.807, 2.05) is 6.07 Å². The van der Waals surface area contributed by atoms with Crippen LogP contribution in [0.5, 0.6) is 0 Å². The highest BCUT2D eigenvalue weighted by atomic mass is 35.6. The lowest BCUT2D eigenvalue weighted by Gasteiger charge is -2.05. The van der Waals surface area contributed by atoms with Crippen LogP contribution >= 0.6 is 34.8 Å². The van der Waals surface area contributed by atoms with E-state index in [0.717, 1.165) is 22.4 Å². The maximum absolute atomic E-state index is 4.81. The highest BCUT2D eigenvalue weighted by Crippen LogP contribution is 2.34. The van der Waals surface area contributed by atoms with E-state index in [2.05, 4.69) is 107 Å². The molecular formula is C26H20Cl4N2. The molecule has 162 valence electrons. The molecule has 0 saturated heterocycles. The maximum atomic E-state index is 4.81. The molecule has 6 heteroatoms. The molecule has 1 heterocycles. The Balaban J connectivity index is 0.000000536. The van der Waals surface area contributed by atoms with E-state index in [4.69, 9.17) is 34.8 Å². The molecule has 0 bridgehead atoms. The Kier molecular flexibility index (Phi) is 8.60. The van der Waals surface area contributed by atoms with Crippen LogP contribution < -0.4 is 17.4 Å². The third kappa shape index (κ3) is 5.65. The second-order valence-electron chi connectivity index (χ2n) is 6.88. The third-order valence-corrected chi connectivity index (χ3v) is 4.94. The molecule has 0 unspecified atom stereocenters. The van der Waals surface area contributed by atoms with Crippen molar-refractivity contribution in [2.24, 2.45) is 0 Å². The Labute approximate surface area is 208 Å². The largest absolute Gasteiger partial charge is 1.00 e. The van der Waals surface area contributed by atoms with Crippen molar-refractivity contribution < 1.29 is 17.4 Å². The van der Waals surface area contributed by atoms with Crippen molar-refractivity contribution in [2.45, 2.75) is 4.30 Å². The summed E-state index contributed by atoms with van der Waals surface area (Å²) in [5.74, 6) is 1.02. The summed E-state index contributed by atoms with van der Waals surface area (Å²) in [5.41, 5.74) is 8.20. The number of aromatic nitrogens is 2. The molecular weight excluding hydrogens is 482 g/mol. The van der Waals surface area contributed by atoms with Crippen LogP contribution in [0.2, 0.25) is 0 Å². The first-order valence-electron chi connectivity index (χ1n) is 9.80. The van der Waals surface area contributed by atoms with Gasteiger partial charge in [-0.3, -0.25) is 0 Å². The van der Waals surface area contributed by atoms with Gasteiger partial charge in [-0.05, 0) is 35.4 Å². The zero-order valence-corrected chi connectivity index (χ0v) is 19.9. The van der Waals surface area contributed by atoms with E-state index < -0.39 is 4.30 Å². The van der Waals surface area contributed by atoms with Crippen molar-refractivity contribution >= 4 is 45.8 Å². The summed E-state index contributed by atoms with van der Waals surface area (Å²) in [7, 11) is 0. The molecule has 2 N–H and O–H groups in total. The van der Waals surface area contributed by atoms with Crippen molar-refractivity contribution in [3.63, 3.8) is 0 Å². The molecule has 2 nitrogen and oxygen atoms in total. The van der Waals surface area contributed by atoms with Gasteiger partial charge in [-0.2, -0.15) is 0 Å². The van der Waals surface area contributed by atoms with Gasteiger partial charge >= 0.3 is 0 Å². The summed E-state index contributed by atoms with van der Waals surface area (Å²) >= 11 is 14.4. The number of imidazole rings is 1.